The van der Waals surface area contributed by atoms with Crippen molar-refractivity contribution >= 4 is 23.6 Å². The summed E-state index contributed by atoms with van der Waals surface area (Å²) in [5.74, 6) is 0.526. The molecule has 0 saturated heterocycles. The molecule has 1 atom stereocenters. The minimum absolute atomic E-state index is 0.0352. The lowest BCUT2D eigenvalue weighted by molar-refractivity contribution is -0.132. The van der Waals surface area contributed by atoms with Crippen LogP contribution in [0.25, 0.3) is 0 Å². The zero-order valence-electron chi connectivity index (χ0n) is 10.9. The number of rotatable bonds is 8. The molecule has 3 N–H and O–H groups in total. The van der Waals surface area contributed by atoms with Gasteiger partial charge in [-0.15, -0.1) is 0 Å². The predicted molar refractivity (Wildman–Crippen MR) is 71.9 cm³/mol. The van der Waals surface area contributed by atoms with Crippen molar-refractivity contribution in [3.8, 4) is 0 Å². The Bertz CT molecular complexity index is 245. The summed E-state index contributed by atoms with van der Waals surface area (Å²) in [5, 5.41) is 2.58. The Morgan fingerprint density at radius 1 is 1.35 bits per heavy atom. The minimum Gasteiger partial charge on any atom is -0.346 e. The summed E-state index contributed by atoms with van der Waals surface area (Å²) in [6, 6.07) is -0.521. The SMILES string of the molecule is CCN(CC)C(=O)CNC(=O)[C@H](N)CCSC. The fourth-order valence-corrected chi connectivity index (χ4v) is 1.85. The molecule has 5 nitrogen and oxygen atoms in total. The lowest BCUT2D eigenvalue weighted by Gasteiger charge is -2.19. The monoisotopic (exact) mass is 261 g/mol. The van der Waals surface area contributed by atoms with Crippen LogP contribution in [0.5, 0.6) is 0 Å². The lowest BCUT2D eigenvalue weighted by atomic mass is 10.2. The van der Waals surface area contributed by atoms with E-state index in [9.17, 15) is 9.59 Å². The topological polar surface area (TPSA) is 75.4 Å². The third-order valence-corrected chi connectivity index (χ3v) is 3.14. The molecular formula is C11H23N3O2S. The molecule has 0 heterocycles. The number of carbonyl (C=O) groups is 2. The number of hydrogen-bond donors (Lipinski definition) is 2. The number of hydrogen-bond acceptors (Lipinski definition) is 4. The van der Waals surface area contributed by atoms with Gasteiger partial charge in [0.1, 0.15) is 0 Å². The van der Waals surface area contributed by atoms with Gasteiger partial charge in [-0.3, -0.25) is 9.59 Å². The second-order valence-electron chi connectivity index (χ2n) is 3.67. The molecule has 0 saturated carbocycles. The van der Waals surface area contributed by atoms with Crippen LogP contribution in [0.15, 0.2) is 0 Å². The molecule has 0 aromatic carbocycles. The predicted octanol–water partition coefficient (Wildman–Crippen LogP) is 0.0514. The minimum atomic E-state index is -0.521. The van der Waals surface area contributed by atoms with Gasteiger partial charge < -0.3 is 16.0 Å². The van der Waals surface area contributed by atoms with Gasteiger partial charge in [0.2, 0.25) is 11.8 Å². The smallest absolute Gasteiger partial charge is 0.241 e. The molecule has 0 unspecified atom stereocenters. The van der Waals surface area contributed by atoms with Crippen LogP contribution in [0.3, 0.4) is 0 Å². The summed E-state index contributed by atoms with van der Waals surface area (Å²) in [7, 11) is 0. The van der Waals surface area contributed by atoms with Crippen molar-refractivity contribution < 1.29 is 9.59 Å². The van der Waals surface area contributed by atoms with E-state index in [0.717, 1.165) is 5.75 Å². The molecule has 0 aliphatic carbocycles. The fraction of sp³-hybridized carbons (Fsp3) is 0.818. The zero-order valence-corrected chi connectivity index (χ0v) is 11.7. The van der Waals surface area contributed by atoms with Crippen LogP contribution in [0.2, 0.25) is 0 Å². The van der Waals surface area contributed by atoms with Gasteiger partial charge in [-0.25, -0.2) is 0 Å². The van der Waals surface area contributed by atoms with Gasteiger partial charge in [0.25, 0.3) is 0 Å². The van der Waals surface area contributed by atoms with E-state index in [4.69, 9.17) is 5.73 Å². The van der Waals surface area contributed by atoms with Gasteiger partial charge in [0.05, 0.1) is 12.6 Å². The van der Waals surface area contributed by atoms with E-state index < -0.39 is 6.04 Å². The maximum atomic E-state index is 11.6. The molecular weight excluding hydrogens is 238 g/mol. The molecule has 6 heteroatoms. The van der Waals surface area contributed by atoms with Crippen LogP contribution in [-0.2, 0) is 9.59 Å². The quantitative estimate of drug-likeness (QED) is 0.647. The van der Waals surface area contributed by atoms with Crippen LogP contribution in [0, 0.1) is 0 Å². The first-order valence-electron chi connectivity index (χ1n) is 5.86. The number of amides is 2. The Balaban J connectivity index is 3.94. The average Bonchev–Trinajstić information content (AvgIpc) is 2.34. The van der Waals surface area contributed by atoms with Crippen molar-refractivity contribution in [1.29, 1.82) is 0 Å². The first kappa shape index (κ1) is 16.2. The Morgan fingerprint density at radius 3 is 2.41 bits per heavy atom. The summed E-state index contributed by atoms with van der Waals surface area (Å²) in [4.78, 5) is 24.8. The normalized spacial score (nSPS) is 12.0. The Morgan fingerprint density at radius 2 is 1.94 bits per heavy atom. The van der Waals surface area contributed by atoms with Crippen molar-refractivity contribution in [3.63, 3.8) is 0 Å². The van der Waals surface area contributed by atoms with Crippen LogP contribution in [0.1, 0.15) is 20.3 Å². The molecule has 17 heavy (non-hydrogen) atoms. The Hall–Kier alpha value is -0.750. The molecule has 0 aromatic rings. The van der Waals surface area contributed by atoms with E-state index >= 15 is 0 Å². The second-order valence-corrected chi connectivity index (χ2v) is 4.66. The molecule has 0 bridgehead atoms. The lowest BCUT2D eigenvalue weighted by Crippen LogP contribution is -2.46. The number of thioether (sulfide) groups is 1. The highest BCUT2D eigenvalue weighted by molar-refractivity contribution is 7.98. The first-order chi connectivity index (χ1) is 8.06. The zero-order chi connectivity index (χ0) is 13.3. The number of carbonyl (C=O) groups excluding carboxylic acids is 2. The van der Waals surface area contributed by atoms with Crippen molar-refractivity contribution in [2.24, 2.45) is 5.73 Å². The van der Waals surface area contributed by atoms with Gasteiger partial charge in [-0.2, -0.15) is 11.8 Å². The van der Waals surface area contributed by atoms with Gasteiger partial charge >= 0.3 is 0 Å². The van der Waals surface area contributed by atoms with Crippen molar-refractivity contribution in [2.45, 2.75) is 26.3 Å². The van der Waals surface area contributed by atoms with Crippen LogP contribution < -0.4 is 11.1 Å². The maximum Gasteiger partial charge on any atom is 0.241 e. The summed E-state index contributed by atoms with van der Waals surface area (Å²) in [5.41, 5.74) is 5.68. The summed E-state index contributed by atoms with van der Waals surface area (Å²) < 4.78 is 0. The van der Waals surface area contributed by atoms with E-state index in [0.29, 0.717) is 19.5 Å². The van der Waals surface area contributed by atoms with E-state index in [1.807, 2.05) is 20.1 Å². The summed E-state index contributed by atoms with van der Waals surface area (Å²) >= 11 is 1.65. The van der Waals surface area contributed by atoms with E-state index in [-0.39, 0.29) is 18.4 Å². The standard InChI is InChI=1S/C11H23N3O2S/c1-4-14(5-2)10(15)8-13-11(16)9(12)6-7-17-3/h9H,4-8,12H2,1-3H3,(H,13,16)/t9-/m1/s1. The number of likely N-dealkylation sites (N-methyl/N-ethyl adjacent to an activating group) is 1. The molecule has 0 fully saturated rings. The molecule has 0 rings (SSSR count). The molecule has 0 aliphatic rings. The molecule has 2 amide bonds. The molecule has 0 radical (unpaired) electrons. The average molecular weight is 261 g/mol. The third kappa shape index (κ3) is 6.53. The van der Waals surface area contributed by atoms with E-state index in [1.165, 1.54) is 0 Å². The first-order valence-corrected chi connectivity index (χ1v) is 7.26. The molecule has 0 spiro atoms. The highest BCUT2D eigenvalue weighted by Gasteiger charge is 2.15. The van der Waals surface area contributed by atoms with Gasteiger partial charge in [0.15, 0.2) is 0 Å². The number of nitrogens with two attached hydrogens (primary N) is 1. The Labute approximate surface area is 107 Å². The molecule has 0 aliphatic heterocycles. The van der Waals surface area contributed by atoms with Crippen LogP contribution >= 0.6 is 11.8 Å². The largest absolute Gasteiger partial charge is 0.346 e. The fourth-order valence-electron chi connectivity index (χ4n) is 1.36. The highest BCUT2D eigenvalue weighted by atomic mass is 32.2. The molecule has 0 aromatic heterocycles. The van der Waals surface area contributed by atoms with Gasteiger partial charge in [-0.05, 0) is 32.3 Å². The molecule has 100 valence electrons. The van der Waals surface area contributed by atoms with Crippen LogP contribution in [0.4, 0.5) is 0 Å². The van der Waals surface area contributed by atoms with Crippen molar-refractivity contribution in [2.75, 3.05) is 31.6 Å². The van der Waals surface area contributed by atoms with Gasteiger partial charge in [0, 0.05) is 13.1 Å². The highest BCUT2D eigenvalue weighted by Crippen LogP contribution is 1.98. The number of nitrogens with one attached hydrogen (secondary N) is 1. The second kappa shape index (κ2) is 9.30. The van der Waals surface area contributed by atoms with Crippen LogP contribution in [-0.4, -0.2) is 54.4 Å². The van der Waals surface area contributed by atoms with Crippen molar-refractivity contribution in [3.05, 3.63) is 0 Å². The van der Waals surface area contributed by atoms with E-state index in [2.05, 4.69) is 5.32 Å². The Kier molecular flexibility index (Phi) is 8.89. The van der Waals surface area contributed by atoms with Gasteiger partial charge in [-0.1, -0.05) is 0 Å². The number of nitrogens with zero attached hydrogens (tertiary/aromatic N) is 1. The summed E-state index contributed by atoms with van der Waals surface area (Å²) in [6.07, 6.45) is 2.60. The van der Waals surface area contributed by atoms with Crippen molar-refractivity contribution in [1.82, 2.24) is 10.2 Å². The third-order valence-electron chi connectivity index (χ3n) is 2.50. The maximum absolute atomic E-state index is 11.6. The summed E-state index contributed by atoms with van der Waals surface area (Å²) in [6.45, 7) is 5.17. The van der Waals surface area contributed by atoms with E-state index in [1.54, 1.807) is 16.7 Å².